The third-order valence-electron chi connectivity index (χ3n) is 2.46. The smallest absolute Gasteiger partial charge is 0.333 e. The van der Waals surface area contributed by atoms with Crippen LogP contribution in [-0.2, 0) is 16.0 Å². The number of halogens is 1. The first-order chi connectivity index (χ1) is 8.15. The summed E-state index contributed by atoms with van der Waals surface area (Å²) in [5.41, 5.74) is 0.804. The number of hydrogen-bond donors (Lipinski definition) is 1. The van der Waals surface area contributed by atoms with E-state index in [1.54, 1.807) is 6.07 Å². The van der Waals surface area contributed by atoms with Gasteiger partial charge < -0.3 is 9.84 Å². The molecular weight excluding hydrogens is 240 g/mol. The zero-order valence-corrected chi connectivity index (χ0v) is 10.6. The summed E-state index contributed by atoms with van der Waals surface area (Å²) in [5.74, 6) is -0.943. The Labute approximate surface area is 106 Å². The van der Waals surface area contributed by atoms with Gasteiger partial charge in [0.2, 0.25) is 0 Å². The van der Waals surface area contributed by atoms with Crippen LogP contribution in [0.25, 0.3) is 0 Å². The SMILES string of the molecule is CCCCO[C@H](Cc1ccccc1Cl)C(=O)O. The molecule has 0 bridgehead atoms. The second kappa shape index (κ2) is 7.30. The minimum absolute atomic E-state index is 0.304. The van der Waals surface area contributed by atoms with Gasteiger partial charge in [-0.2, -0.15) is 0 Å². The first kappa shape index (κ1) is 14.0. The highest BCUT2D eigenvalue weighted by atomic mass is 35.5. The molecule has 1 aromatic carbocycles. The summed E-state index contributed by atoms with van der Waals surface area (Å²) < 4.78 is 5.34. The second-order valence-electron chi connectivity index (χ2n) is 3.85. The number of aliphatic carboxylic acids is 1. The van der Waals surface area contributed by atoms with Crippen molar-refractivity contribution in [2.24, 2.45) is 0 Å². The maximum Gasteiger partial charge on any atom is 0.333 e. The molecule has 0 aliphatic rings. The Morgan fingerprint density at radius 1 is 1.47 bits per heavy atom. The van der Waals surface area contributed by atoms with E-state index in [1.807, 2.05) is 25.1 Å². The average molecular weight is 257 g/mol. The lowest BCUT2D eigenvalue weighted by atomic mass is 10.1. The molecule has 4 heteroatoms. The van der Waals surface area contributed by atoms with Crippen molar-refractivity contribution in [2.75, 3.05) is 6.61 Å². The van der Waals surface area contributed by atoms with Gasteiger partial charge in [0, 0.05) is 18.1 Å². The summed E-state index contributed by atoms with van der Waals surface area (Å²) >= 11 is 5.99. The average Bonchev–Trinajstić information content (AvgIpc) is 2.30. The number of ether oxygens (including phenoxy) is 1. The third kappa shape index (κ3) is 4.75. The molecule has 0 aliphatic heterocycles. The van der Waals surface area contributed by atoms with Gasteiger partial charge in [0.15, 0.2) is 6.10 Å². The standard InChI is InChI=1S/C13H17ClO3/c1-2-3-8-17-12(13(15)16)9-10-6-4-5-7-11(10)14/h4-7,12H,2-3,8-9H2,1H3,(H,15,16)/t12-/m1/s1. The van der Waals surface area contributed by atoms with Gasteiger partial charge in [-0.25, -0.2) is 4.79 Å². The van der Waals surface area contributed by atoms with Crippen molar-refractivity contribution in [3.8, 4) is 0 Å². The minimum Gasteiger partial charge on any atom is -0.479 e. The Balaban J connectivity index is 2.61. The highest BCUT2D eigenvalue weighted by molar-refractivity contribution is 6.31. The van der Waals surface area contributed by atoms with Gasteiger partial charge in [-0.15, -0.1) is 0 Å². The van der Waals surface area contributed by atoms with E-state index in [-0.39, 0.29) is 0 Å². The van der Waals surface area contributed by atoms with E-state index in [4.69, 9.17) is 21.4 Å². The molecule has 94 valence electrons. The van der Waals surface area contributed by atoms with Crippen LogP contribution in [0.1, 0.15) is 25.3 Å². The summed E-state index contributed by atoms with van der Waals surface area (Å²) in [4.78, 5) is 11.0. The Kier molecular flexibility index (Phi) is 6.01. The molecule has 0 aromatic heterocycles. The number of rotatable bonds is 7. The van der Waals surface area contributed by atoms with E-state index in [2.05, 4.69) is 0 Å². The highest BCUT2D eigenvalue weighted by Crippen LogP contribution is 2.17. The van der Waals surface area contributed by atoms with Crippen LogP contribution in [0.2, 0.25) is 5.02 Å². The van der Waals surface area contributed by atoms with E-state index in [1.165, 1.54) is 0 Å². The molecule has 17 heavy (non-hydrogen) atoms. The lowest BCUT2D eigenvalue weighted by Gasteiger charge is -2.14. The fraction of sp³-hybridized carbons (Fsp3) is 0.462. The Morgan fingerprint density at radius 3 is 2.76 bits per heavy atom. The molecule has 0 saturated heterocycles. The fourth-order valence-electron chi connectivity index (χ4n) is 1.45. The van der Waals surface area contributed by atoms with Crippen LogP contribution >= 0.6 is 11.6 Å². The lowest BCUT2D eigenvalue weighted by molar-refractivity contribution is -0.150. The van der Waals surface area contributed by atoms with E-state index in [0.717, 1.165) is 18.4 Å². The van der Waals surface area contributed by atoms with Crippen LogP contribution in [0.4, 0.5) is 0 Å². The van der Waals surface area contributed by atoms with Gasteiger partial charge in [-0.3, -0.25) is 0 Å². The molecule has 0 heterocycles. The summed E-state index contributed by atoms with van der Waals surface area (Å²) in [6.07, 6.45) is 1.34. The number of unbranched alkanes of at least 4 members (excludes halogenated alkanes) is 1. The van der Waals surface area contributed by atoms with Gasteiger partial charge in [0.1, 0.15) is 0 Å². The number of carbonyl (C=O) groups is 1. The quantitative estimate of drug-likeness (QED) is 0.763. The fourth-order valence-corrected chi connectivity index (χ4v) is 1.66. The Bertz CT molecular complexity index is 365. The first-order valence-electron chi connectivity index (χ1n) is 5.73. The molecule has 0 spiro atoms. The largest absolute Gasteiger partial charge is 0.479 e. The van der Waals surface area contributed by atoms with E-state index >= 15 is 0 Å². The minimum atomic E-state index is -0.943. The van der Waals surface area contributed by atoms with Crippen molar-refractivity contribution in [3.05, 3.63) is 34.9 Å². The predicted octanol–water partition coefficient (Wildman–Crippen LogP) is 3.15. The van der Waals surface area contributed by atoms with Crippen molar-refractivity contribution in [3.63, 3.8) is 0 Å². The summed E-state index contributed by atoms with van der Waals surface area (Å²) in [6.45, 7) is 2.51. The van der Waals surface area contributed by atoms with Crippen molar-refractivity contribution in [1.29, 1.82) is 0 Å². The predicted molar refractivity (Wildman–Crippen MR) is 67.4 cm³/mol. The molecule has 0 unspecified atom stereocenters. The molecule has 0 aliphatic carbocycles. The summed E-state index contributed by atoms with van der Waals surface area (Å²) in [7, 11) is 0. The van der Waals surface area contributed by atoms with Gasteiger partial charge in [0.05, 0.1) is 0 Å². The van der Waals surface area contributed by atoms with Crippen molar-refractivity contribution >= 4 is 17.6 Å². The third-order valence-corrected chi connectivity index (χ3v) is 2.82. The zero-order chi connectivity index (χ0) is 12.7. The summed E-state index contributed by atoms with van der Waals surface area (Å²) in [5, 5.41) is 9.64. The monoisotopic (exact) mass is 256 g/mol. The van der Waals surface area contributed by atoms with E-state index < -0.39 is 12.1 Å². The van der Waals surface area contributed by atoms with Gasteiger partial charge >= 0.3 is 5.97 Å². The van der Waals surface area contributed by atoms with Crippen LogP contribution in [0.3, 0.4) is 0 Å². The zero-order valence-electron chi connectivity index (χ0n) is 9.86. The summed E-state index contributed by atoms with van der Waals surface area (Å²) in [6, 6.07) is 7.23. The van der Waals surface area contributed by atoms with Gasteiger partial charge in [-0.05, 0) is 18.1 Å². The number of benzene rings is 1. The van der Waals surface area contributed by atoms with Gasteiger partial charge in [-0.1, -0.05) is 43.1 Å². The van der Waals surface area contributed by atoms with Crippen molar-refractivity contribution in [1.82, 2.24) is 0 Å². The molecule has 1 rings (SSSR count). The molecule has 0 saturated carbocycles. The van der Waals surface area contributed by atoms with Crippen LogP contribution < -0.4 is 0 Å². The van der Waals surface area contributed by atoms with E-state index in [0.29, 0.717) is 18.1 Å². The molecule has 1 aromatic rings. The normalized spacial score (nSPS) is 12.4. The lowest BCUT2D eigenvalue weighted by Crippen LogP contribution is -2.27. The first-order valence-corrected chi connectivity index (χ1v) is 6.10. The second-order valence-corrected chi connectivity index (χ2v) is 4.25. The molecule has 0 amide bonds. The van der Waals surface area contributed by atoms with Crippen molar-refractivity contribution in [2.45, 2.75) is 32.3 Å². The topological polar surface area (TPSA) is 46.5 Å². The highest BCUT2D eigenvalue weighted by Gasteiger charge is 2.19. The molecule has 0 radical (unpaired) electrons. The Morgan fingerprint density at radius 2 is 2.18 bits per heavy atom. The van der Waals surface area contributed by atoms with E-state index in [9.17, 15) is 4.79 Å². The molecule has 1 N–H and O–H groups in total. The molecule has 0 fully saturated rings. The number of hydrogen-bond acceptors (Lipinski definition) is 2. The van der Waals surface area contributed by atoms with Crippen LogP contribution in [0.5, 0.6) is 0 Å². The maximum absolute atomic E-state index is 11.0. The number of carboxylic acids is 1. The molecule has 3 nitrogen and oxygen atoms in total. The van der Waals surface area contributed by atoms with Crippen LogP contribution in [-0.4, -0.2) is 23.8 Å². The number of carboxylic acid groups (broad SMARTS) is 1. The Hall–Kier alpha value is -1.06. The van der Waals surface area contributed by atoms with Gasteiger partial charge in [0.25, 0.3) is 0 Å². The molecular formula is C13H17ClO3. The molecule has 1 atom stereocenters. The van der Waals surface area contributed by atoms with Crippen LogP contribution in [0, 0.1) is 0 Å². The van der Waals surface area contributed by atoms with Crippen LogP contribution in [0.15, 0.2) is 24.3 Å². The van der Waals surface area contributed by atoms with Crippen molar-refractivity contribution < 1.29 is 14.6 Å². The maximum atomic E-state index is 11.0.